The van der Waals surface area contributed by atoms with E-state index in [4.69, 9.17) is 0 Å². The maximum atomic E-state index is 3.59. The lowest BCUT2D eigenvalue weighted by Crippen LogP contribution is -2.34. The van der Waals surface area contributed by atoms with Crippen LogP contribution in [0.3, 0.4) is 0 Å². The highest BCUT2D eigenvalue weighted by Crippen LogP contribution is 2.18. The van der Waals surface area contributed by atoms with E-state index in [2.05, 4.69) is 39.9 Å². The van der Waals surface area contributed by atoms with Crippen molar-refractivity contribution in [2.75, 3.05) is 6.54 Å². The summed E-state index contributed by atoms with van der Waals surface area (Å²) in [6, 6.07) is 0.723. The summed E-state index contributed by atoms with van der Waals surface area (Å²) in [5.74, 6) is 1.71. The smallest absolute Gasteiger partial charge is 0.00900 e. The fraction of sp³-hybridized carbons (Fsp3) is 1.00. The van der Waals surface area contributed by atoms with Gasteiger partial charge in [0, 0.05) is 6.04 Å². The Morgan fingerprint density at radius 3 is 1.86 bits per heavy atom. The maximum Gasteiger partial charge on any atom is 0.00900 e. The average Bonchev–Trinajstić information content (AvgIpc) is 2.17. The third kappa shape index (κ3) is 5.64. The zero-order chi connectivity index (χ0) is 11.0. The van der Waals surface area contributed by atoms with Gasteiger partial charge in [0.05, 0.1) is 0 Å². The van der Waals surface area contributed by atoms with Crippen LogP contribution in [-0.2, 0) is 0 Å². The molecule has 14 heavy (non-hydrogen) atoms. The molecule has 0 spiro atoms. The number of hydrogen-bond acceptors (Lipinski definition) is 1. The second-order valence-corrected chi connectivity index (χ2v) is 4.67. The molecule has 0 radical (unpaired) electrons. The van der Waals surface area contributed by atoms with Gasteiger partial charge in [0.25, 0.3) is 0 Å². The Bertz CT molecular complexity index is 116. The standard InChI is InChI=1S/C13H29N/c1-6-12(7-2)9-10-13(11(4)5)14-8-3/h11-14H,6-10H2,1-5H3. The second-order valence-electron chi connectivity index (χ2n) is 4.67. The van der Waals surface area contributed by atoms with E-state index in [9.17, 15) is 0 Å². The Morgan fingerprint density at radius 1 is 0.929 bits per heavy atom. The fourth-order valence-electron chi connectivity index (χ4n) is 2.05. The normalized spacial score (nSPS) is 13.9. The summed E-state index contributed by atoms with van der Waals surface area (Å²) in [7, 11) is 0. The highest BCUT2D eigenvalue weighted by Gasteiger charge is 2.13. The Balaban J connectivity index is 3.79. The molecule has 0 heterocycles. The van der Waals surface area contributed by atoms with Crippen molar-refractivity contribution in [2.45, 2.75) is 66.3 Å². The van der Waals surface area contributed by atoms with E-state index < -0.39 is 0 Å². The summed E-state index contributed by atoms with van der Waals surface area (Å²) in [5.41, 5.74) is 0. The molecule has 1 heteroatoms. The highest BCUT2D eigenvalue weighted by atomic mass is 14.9. The molecule has 0 aliphatic carbocycles. The Hall–Kier alpha value is -0.0400. The molecule has 1 N–H and O–H groups in total. The maximum absolute atomic E-state index is 3.59. The Kier molecular flexibility index (Phi) is 8.26. The molecule has 0 rings (SSSR count). The fourth-order valence-corrected chi connectivity index (χ4v) is 2.05. The largest absolute Gasteiger partial charge is 0.314 e. The lowest BCUT2D eigenvalue weighted by atomic mass is 9.91. The van der Waals surface area contributed by atoms with Gasteiger partial charge in [-0.3, -0.25) is 0 Å². The Labute approximate surface area is 90.7 Å². The summed E-state index contributed by atoms with van der Waals surface area (Å²) in [5, 5.41) is 3.59. The first kappa shape index (κ1) is 14.0. The third-order valence-corrected chi connectivity index (χ3v) is 3.31. The van der Waals surface area contributed by atoms with E-state index in [0.29, 0.717) is 0 Å². The number of nitrogens with one attached hydrogen (secondary N) is 1. The zero-order valence-corrected chi connectivity index (χ0v) is 10.8. The zero-order valence-electron chi connectivity index (χ0n) is 10.8. The number of rotatable bonds is 8. The van der Waals surface area contributed by atoms with Gasteiger partial charge in [-0.25, -0.2) is 0 Å². The van der Waals surface area contributed by atoms with Crippen molar-refractivity contribution in [3.05, 3.63) is 0 Å². The van der Waals surface area contributed by atoms with E-state index >= 15 is 0 Å². The first-order valence-corrected chi connectivity index (χ1v) is 6.38. The Morgan fingerprint density at radius 2 is 1.50 bits per heavy atom. The first-order chi connectivity index (χ1) is 6.65. The molecule has 1 atom stereocenters. The van der Waals surface area contributed by atoms with Crippen molar-refractivity contribution < 1.29 is 0 Å². The van der Waals surface area contributed by atoms with E-state index in [0.717, 1.165) is 24.4 Å². The van der Waals surface area contributed by atoms with Gasteiger partial charge < -0.3 is 5.32 Å². The second kappa shape index (κ2) is 8.28. The van der Waals surface area contributed by atoms with Crippen LogP contribution in [0.5, 0.6) is 0 Å². The molecule has 0 fully saturated rings. The summed E-state index contributed by atoms with van der Waals surface area (Å²) in [4.78, 5) is 0. The van der Waals surface area contributed by atoms with Crippen molar-refractivity contribution >= 4 is 0 Å². The van der Waals surface area contributed by atoms with Crippen LogP contribution in [0.15, 0.2) is 0 Å². The van der Waals surface area contributed by atoms with Crippen LogP contribution in [-0.4, -0.2) is 12.6 Å². The lowest BCUT2D eigenvalue weighted by molar-refractivity contribution is 0.334. The average molecular weight is 199 g/mol. The molecule has 0 aliphatic rings. The van der Waals surface area contributed by atoms with Crippen LogP contribution in [0.4, 0.5) is 0 Å². The monoisotopic (exact) mass is 199 g/mol. The van der Waals surface area contributed by atoms with Crippen LogP contribution < -0.4 is 5.32 Å². The molecule has 0 bridgehead atoms. The molecular weight excluding hydrogens is 170 g/mol. The predicted molar refractivity (Wildman–Crippen MR) is 65.6 cm³/mol. The van der Waals surface area contributed by atoms with Crippen molar-refractivity contribution in [1.82, 2.24) is 5.32 Å². The van der Waals surface area contributed by atoms with E-state index in [1.54, 1.807) is 0 Å². The molecule has 1 unspecified atom stereocenters. The quantitative estimate of drug-likeness (QED) is 0.626. The summed E-state index contributed by atoms with van der Waals surface area (Å²) >= 11 is 0. The minimum atomic E-state index is 0.723. The van der Waals surface area contributed by atoms with Crippen LogP contribution in [0.2, 0.25) is 0 Å². The van der Waals surface area contributed by atoms with Crippen molar-refractivity contribution in [2.24, 2.45) is 11.8 Å². The molecule has 0 amide bonds. The molecule has 0 saturated heterocycles. The van der Waals surface area contributed by atoms with Crippen LogP contribution >= 0.6 is 0 Å². The number of hydrogen-bond donors (Lipinski definition) is 1. The molecule has 0 aliphatic heterocycles. The SMILES string of the molecule is CCNC(CCC(CC)CC)C(C)C. The molecule has 1 nitrogen and oxygen atoms in total. The minimum Gasteiger partial charge on any atom is -0.314 e. The van der Waals surface area contributed by atoms with Gasteiger partial charge in [-0.05, 0) is 31.2 Å². The van der Waals surface area contributed by atoms with Gasteiger partial charge >= 0.3 is 0 Å². The topological polar surface area (TPSA) is 12.0 Å². The van der Waals surface area contributed by atoms with Gasteiger partial charge in [-0.15, -0.1) is 0 Å². The minimum absolute atomic E-state index is 0.723. The molecule has 0 aromatic carbocycles. The summed E-state index contributed by atoms with van der Waals surface area (Å²) < 4.78 is 0. The predicted octanol–water partition coefficient (Wildman–Crippen LogP) is 3.84. The highest BCUT2D eigenvalue weighted by molar-refractivity contribution is 4.71. The third-order valence-electron chi connectivity index (χ3n) is 3.31. The van der Waals surface area contributed by atoms with Crippen LogP contribution in [0.1, 0.15) is 60.3 Å². The summed E-state index contributed by atoms with van der Waals surface area (Å²) in [6.45, 7) is 12.6. The van der Waals surface area contributed by atoms with E-state index in [-0.39, 0.29) is 0 Å². The van der Waals surface area contributed by atoms with Crippen LogP contribution in [0, 0.1) is 11.8 Å². The van der Waals surface area contributed by atoms with E-state index in [1.807, 2.05) is 0 Å². The van der Waals surface area contributed by atoms with Gasteiger partial charge in [-0.2, -0.15) is 0 Å². The van der Waals surface area contributed by atoms with Gasteiger partial charge in [0.2, 0.25) is 0 Å². The van der Waals surface area contributed by atoms with Crippen LogP contribution in [0.25, 0.3) is 0 Å². The molecular formula is C13H29N. The van der Waals surface area contributed by atoms with E-state index in [1.165, 1.54) is 25.7 Å². The molecule has 0 saturated carbocycles. The first-order valence-electron chi connectivity index (χ1n) is 6.38. The molecule has 0 aromatic heterocycles. The lowest BCUT2D eigenvalue weighted by Gasteiger charge is -2.23. The van der Waals surface area contributed by atoms with Gasteiger partial charge in [-0.1, -0.05) is 47.5 Å². The van der Waals surface area contributed by atoms with Crippen molar-refractivity contribution in [3.63, 3.8) is 0 Å². The molecule has 0 aromatic rings. The van der Waals surface area contributed by atoms with Crippen molar-refractivity contribution in [1.29, 1.82) is 0 Å². The summed E-state index contributed by atoms with van der Waals surface area (Å²) in [6.07, 6.45) is 5.42. The van der Waals surface area contributed by atoms with Gasteiger partial charge in [0.1, 0.15) is 0 Å². The molecule has 86 valence electrons. The van der Waals surface area contributed by atoms with Gasteiger partial charge in [0.15, 0.2) is 0 Å². The van der Waals surface area contributed by atoms with Crippen molar-refractivity contribution in [3.8, 4) is 0 Å².